The number of aliphatic carboxylic acids is 1. The molecule has 3 aliphatic carbocycles. The van der Waals surface area contributed by atoms with Gasteiger partial charge in [0.05, 0.1) is 5.41 Å². The van der Waals surface area contributed by atoms with E-state index >= 15 is 0 Å². The van der Waals surface area contributed by atoms with E-state index in [1.54, 1.807) is 0 Å². The summed E-state index contributed by atoms with van der Waals surface area (Å²) in [7, 11) is 0. The number of benzene rings is 2. The van der Waals surface area contributed by atoms with Crippen molar-refractivity contribution in [2.75, 3.05) is 13.2 Å². The van der Waals surface area contributed by atoms with E-state index in [1.165, 1.54) is 11.1 Å². The molecule has 3 N–H and O–H groups in total. The van der Waals surface area contributed by atoms with E-state index in [0.29, 0.717) is 6.42 Å². The van der Waals surface area contributed by atoms with Gasteiger partial charge in [0, 0.05) is 24.9 Å². The van der Waals surface area contributed by atoms with Gasteiger partial charge in [0.1, 0.15) is 6.61 Å². The summed E-state index contributed by atoms with van der Waals surface area (Å²) in [6.07, 6.45) is 1.52. The van der Waals surface area contributed by atoms with Crippen LogP contribution >= 0.6 is 0 Å². The number of hydrogen-bond acceptors (Lipinski definition) is 4. The zero-order valence-corrected chi connectivity index (χ0v) is 17.7. The first kappa shape index (κ1) is 20.5. The van der Waals surface area contributed by atoms with Crippen LogP contribution in [0.5, 0.6) is 0 Å². The van der Waals surface area contributed by atoms with E-state index in [1.807, 2.05) is 24.3 Å². The standard InChI is InChI=1S/C25H26N2O5/c28-22(27-16-11-15-12-25(15,13-16)23(29)30)9-10-26-24(31)32-14-21-19-7-3-1-5-17(19)18-6-2-4-8-20(18)21/h1-8,15-16,21H,9-14H2,(H,26,31)(H,27,28)(H,29,30)/t15-,16+,25+/m1/s1. The Morgan fingerprint density at radius 3 is 2.28 bits per heavy atom. The van der Waals surface area contributed by atoms with Crippen molar-refractivity contribution >= 4 is 18.0 Å². The molecule has 2 aromatic carbocycles. The lowest BCUT2D eigenvalue weighted by atomic mass is 9.98. The molecule has 0 heterocycles. The van der Waals surface area contributed by atoms with Gasteiger partial charge in [0.2, 0.25) is 5.91 Å². The largest absolute Gasteiger partial charge is 0.481 e. The number of ether oxygens (including phenoxy) is 1. The summed E-state index contributed by atoms with van der Waals surface area (Å²) in [6, 6.07) is 16.2. The number of alkyl carbamates (subject to hydrolysis) is 1. The first-order chi connectivity index (χ1) is 15.5. The topological polar surface area (TPSA) is 105 Å². The summed E-state index contributed by atoms with van der Waals surface area (Å²) in [4.78, 5) is 35.7. The van der Waals surface area contributed by atoms with Crippen LogP contribution in [0.2, 0.25) is 0 Å². The van der Waals surface area contributed by atoms with Crippen LogP contribution in [0.4, 0.5) is 4.79 Å². The van der Waals surface area contributed by atoms with Crippen LogP contribution in [0.1, 0.15) is 42.7 Å². The summed E-state index contributed by atoms with van der Waals surface area (Å²) in [6.45, 7) is 0.398. The van der Waals surface area contributed by atoms with Crippen molar-refractivity contribution in [3.8, 4) is 11.1 Å². The second-order valence-electron chi connectivity index (χ2n) is 9.07. The highest BCUT2D eigenvalue weighted by Crippen LogP contribution is 2.63. The Balaban J connectivity index is 1.07. The van der Waals surface area contributed by atoms with Gasteiger partial charge in [0.25, 0.3) is 0 Å². The molecule has 0 aromatic heterocycles. The smallest absolute Gasteiger partial charge is 0.407 e. The highest BCUT2D eigenvalue weighted by Gasteiger charge is 2.65. The molecular weight excluding hydrogens is 408 g/mol. The number of carboxylic acids is 1. The molecule has 2 saturated carbocycles. The molecule has 2 aromatic rings. The zero-order chi connectivity index (χ0) is 22.3. The van der Waals surface area contributed by atoms with Crippen molar-refractivity contribution in [3.05, 3.63) is 59.7 Å². The Morgan fingerprint density at radius 1 is 1.00 bits per heavy atom. The minimum atomic E-state index is -0.754. The van der Waals surface area contributed by atoms with Crippen molar-refractivity contribution in [2.24, 2.45) is 11.3 Å². The van der Waals surface area contributed by atoms with Crippen LogP contribution in [0.3, 0.4) is 0 Å². The molecule has 7 nitrogen and oxygen atoms in total. The first-order valence-electron chi connectivity index (χ1n) is 11.1. The van der Waals surface area contributed by atoms with Gasteiger partial charge in [-0.2, -0.15) is 0 Å². The molecule has 7 heteroatoms. The molecule has 0 unspecified atom stereocenters. The lowest BCUT2D eigenvalue weighted by Crippen LogP contribution is -2.37. The molecule has 3 atom stereocenters. The van der Waals surface area contributed by atoms with Gasteiger partial charge in [-0.05, 0) is 47.4 Å². The maximum Gasteiger partial charge on any atom is 0.407 e. The molecule has 2 fully saturated rings. The summed E-state index contributed by atoms with van der Waals surface area (Å²) in [5.74, 6) is -0.761. The van der Waals surface area contributed by atoms with Gasteiger partial charge in [-0.1, -0.05) is 48.5 Å². The second-order valence-corrected chi connectivity index (χ2v) is 9.07. The molecule has 32 heavy (non-hydrogen) atoms. The quantitative estimate of drug-likeness (QED) is 0.620. The molecule has 2 amide bonds. The number of carboxylic acid groups (broad SMARTS) is 1. The molecule has 0 aliphatic heterocycles. The Morgan fingerprint density at radius 2 is 1.66 bits per heavy atom. The average molecular weight is 434 g/mol. The van der Waals surface area contributed by atoms with Crippen LogP contribution in [0.25, 0.3) is 11.1 Å². The predicted molar refractivity (Wildman–Crippen MR) is 117 cm³/mol. The lowest BCUT2D eigenvalue weighted by molar-refractivity contribution is -0.143. The van der Waals surface area contributed by atoms with Crippen molar-refractivity contribution in [2.45, 2.75) is 37.6 Å². The Labute approximate surface area is 186 Å². The fraction of sp³-hybridized carbons (Fsp3) is 0.400. The van der Waals surface area contributed by atoms with Gasteiger partial charge in [-0.3, -0.25) is 9.59 Å². The van der Waals surface area contributed by atoms with E-state index in [4.69, 9.17) is 4.74 Å². The average Bonchev–Trinajstić information content (AvgIpc) is 3.21. The van der Waals surface area contributed by atoms with E-state index in [0.717, 1.165) is 24.0 Å². The van der Waals surface area contributed by atoms with Crippen molar-refractivity contribution in [1.29, 1.82) is 0 Å². The minimum absolute atomic E-state index is 0.00759. The SMILES string of the molecule is O=C(CCNC(=O)OCC1c2ccccc2-c2ccccc21)N[C@H]1C[C@@H]2C[C@]2(C(=O)O)C1. The number of carbonyl (C=O) groups is 3. The number of fused-ring (bicyclic) bond motifs is 4. The number of amides is 2. The molecule has 0 spiro atoms. The third kappa shape index (κ3) is 3.61. The predicted octanol–water partition coefficient (Wildman–Crippen LogP) is 3.28. The molecule has 0 bridgehead atoms. The van der Waals surface area contributed by atoms with Crippen molar-refractivity contribution in [3.63, 3.8) is 0 Å². The molecule has 5 rings (SSSR count). The fourth-order valence-corrected chi connectivity index (χ4v) is 5.49. The summed E-state index contributed by atoms with van der Waals surface area (Å²) in [5, 5.41) is 14.9. The molecular formula is C25H26N2O5. The first-order valence-corrected chi connectivity index (χ1v) is 11.1. The molecule has 0 saturated heterocycles. The summed E-state index contributed by atoms with van der Waals surface area (Å²) >= 11 is 0. The van der Waals surface area contributed by atoms with Gasteiger partial charge in [-0.15, -0.1) is 0 Å². The maximum absolute atomic E-state index is 12.2. The highest BCUT2D eigenvalue weighted by molar-refractivity contribution is 5.81. The normalized spacial score (nSPS) is 24.8. The zero-order valence-electron chi connectivity index (χ0n) is 17.7. The van der Waals surface area contributed by atoms with Crippen LogP contribution in [-0.2, 0) is 14.3 Å². The molecule has 166 valence electrons. The number of rotatable bonds is 7. The Bertz CT molecular complexity index is 1040. The minimum Gasteiger partial charge on any atom is -0.481 e. The van der Waals surface area contributed by atoms with Gasteiger partial charge < -0.3 is 20.5 Å². The highest BCUT2D eigenvalue weighted by atomic mass is 16.5. The summed E-state index contributed by atoms with van der Waals surface area (Å²) in [5.41, 5.74) is 4.02. The van der Waals surface area contributed by atoms with Crippen LogP contribution in [-0.4, -0.2) is 42.3 Å². The van der Waals surface area contributed by atoms with Gasteiger partial charge in [-0.25, -0.2) is 4.79 Å². The number of hydrogen-bond donors (Lipinski definition) is 3. The third-order valence-electron chi connectivity index (χ3n) is 7.17. The lowest BCUT2D eigenvalue weighted by Gasteiger charge is -2.16. The van der Waals surface area contributed by atoms with Crippen LogP contribution < -0.4 is 10.6 Å². The fourth-order valence-electron chi connectivity index (χ4n) is 5.49. The van der Waals surface area contributed by atoms with Crippen LogP contribution in [0, 0.1) is 11.3 Å². The molecule has 3 aliphatic rings. The van der Waals surface area contributed by atoms with E-state index in [-0.39, 0.29) is 43.4 Å². The van der Waals surface area contributed by atoms with E-state index < -0.39 is 17.5 Å². The Hall–Kier alpha value is -3.35. The van der Waals surface area contributed by atoms with Gasteiger partial charge in [0.15, 0.2) is 0 Å². The number of carbonyl (C=O) groups excluding carboxylic acids is 2. The second kappa shape index (κ2) is 7.97. The number of nitrogens with one attached hydrogen (secondary N) is 2. The van der Waals surface area contributed by atoms with E-state index in [9.17, 15) is 19.5 Å². The van der Waals surface area contributed by atoms with Crippen LogP contribution in [0.15, 0.2) is 48.5 Å². The van der Waals surface area contributed by atoms with Crippen molar-refractivity contribution < 1.29 is 24.2 Å². The van der Waals surface area contributed by atoms with Gasteiger partial charge >= 0.3 is 12.1 Å². The maximum atomic E-state index is 12.2. The monoisotopic (exact) mass is 434 g/mol. The van der Waals surface area contributed by atoms with E-state index in [2.05, 4.69) is 34.9 Å². The third-order valence-corrected chi connectivity index (χ3v) is 7.17. The Kier molecular flexibility index (Phi) is 5.12. The van der Waals surface area contributed by atoms with Crippen molar-refractivity contribution in [1.82, 2.24) is 10.6 Å². The molecule has 0 radical (unpaired) electrons. The summed E-state index contributed by atoms with van der Waals surface area (Å²) < 4.78 is 5.47.